The average Bonchev–Trinajstić information content (AvgIpc) is 2.17. The van der Waals surface area contributed by atoms with Gasteiger partial charge in [0.05, 0.1) is 0 Å². The van der Waals surface area contributed by atoms with Crippen molar-refractivity contribution in [2.45, 2.75) is 25.2 Å². The zero-order valence-corrected chi connectivity index (χ0v) is 9.75. The van der Waals surface area contributed by atoms with Gasteiger partial charge in [-0.2, -0.15) is 0 Å². The second-order valence-electron chi connectivity index (χ2n) is 3.71. The lowest BCUT2D eigenvalue weighted by atomic mass is 10.2. The van der Waals surface area contributed by atoms with Crippen LogP contribution in [0.1, 0.15) is 30.8 Å². The first-order chi connectivity index (χ1) is 7.09. The first-order valence-corrected chi connectivity index (χ1v) is 5.90. The molecule has 0 amide bonds. The van der Waals surface area contributed by atoms with Crippen molar-refractivity contribution in [3.05, 3.63) is 24.0 Å². The number of carboxylic acids is 1. The van der Waals surface area contributed by atoms with Crippen LogP contribution < -0.4 is 0 Å². The van der Waals surface area contributed by atoms with E-state index in [9.17, 15) is 4.79 Å². The van der Waals surface area contributed by atoms with E-state index in [2.05, 4.69) is 18.8 Å². The third-order valence-electron chi connectivity index (χ3n) is 1.91. The van der Waals surface area contributed by atoms with E-state index in [4.69, 9.17) is 5.11 Å². The summed E-state index contributed by atoms with van der Waals surface area (Å²) in [5.41, 5.74) is 0.115. The maximum Gasteiger partial charge on any atom is 0.354 e. The van der Waals surface area contributed by atoms with Crippen LogP contribution in [0.3, 0.4) is 0 Å². The predicted octanol–water partition coefficient (Wildman–Crippen LogP) is 2.92. The highest BCUT2D eigenvalue weighted by Gasteiger charge is 2.05. The van der Waals surface area contributed by atoms with Crippen LogP contribution in [-0.2, 0) is 0 Å². The Morgan fingerprint density at radius 2 is 2.33 bits per heavy atom. The highest BCUT2D eigenvalue weighted by atomic mass is 32.2. The quantitative estimate of drug-likeness (QED) is 0.783. The Hall–Kier alpha value is -1.03. The molecular weight excluding hydrogens is 210 g/mol. The minimum Gasteiger partial charge on any atom is -0.477 e. The van der Waals surface area contributed by atoms with Crippen molar-refractivity contribution in [3.63, 3.8) is 0 Å². The Kier molecular flexibility index (Phi) is 4.62. The van der Waals surface area contributed by atoms with Gasteiger partial charge in [-0.25, -0.2) is 9.78 Å². The Labute approximate surface area is 93.9 Å². The fourth-order valence-corrected chi connectivity index (χ4v) is 2.21. The molecule has 0 bridgehead atoms. The fourth-order valence-electron chi connectivity index (χ4n) is 1.03. The van der Waals surface area contributed by atoms with Crippen LogP contribution in [0.15, 0.2) is 23.2 Å². The van der Waals surface area contributed by atoms with E-state index < -0.39 is 5.97 Å². The van der Waals surface area contributed by atoms with E-state index in [0.717, 1.165) is 17.1 Å². The molecule has 0 saturated heterocycles. The molecule has 1 aromatic heterocycles. The Morgan fingerprint density at radius 1 is 1.60 bits per heavy atom. The largest absolute Gasteiger partial charge is 0.477 e. The SMILES string of the molecule is CC(C)CCSc1ccnc(C(=O)O)c1. The number of hydrogen-bond donors (Lipinski definition) is 1. The summed E-state index contributed by atoms with van der Waals surface area (Å²) in [4.78, 5) is 15.4. The number of hydrogen-bond acceptors (Lipinski definition) is 3. The van der Waals surface area contributed by atoms with Crippen molar-refractivity contribution in [1.29, 1.82) is 0 Å². The average molecular weight is 225 g/mol. The Bertz CT molecular complexity index is 339. The van der Waals surface area contributed by atoms with Gasteiger partial charge < -0.3 is 5.11 Å². The summed E-state index contributed by atoms with van der Waals surface area (Å²) in [5, 5.41) is 8.75. The zero-order chi connectivity index (χ0) is 11.3. The molecule has 82 valence electrons. The summed E-state index contributed by atoms with van der Waals surface area (Å²) in [5.74, 6) is 0.723. The highest BCUT2D eigenvalue weighted by Crippen LogP contribution is 2.20. The van der Waals surface area contributed by atoms with Gasteiger partial charge in [-0.15, -0.1) is 11.8 Å². The van der Waals surface area contributed by atoms with Gasteiger partial charge in [0.25, 0.3) is 0 Å². The van der Waals surface area contributed by atoms with Crippen molar-refractivity contribution in [3.8, 4) is 0 Å². The van der Waals surface area contributed by atoms with Crippen LogP contribution in [0, 0.1) is 5.92 Å². The first kappa shape index (κ1) is 12.0. The minimum absolute atomic E-state index is 0.115. The number of carboxylic acid groups (broad SMARTS) is 1. The van der Waals surface area contributed by atoms with Crippen LogP contribution in [0.25, 0.3) is 0 Å². The number of nitrogens with zero attached hydrogens (tertiary/aromatic N) is 1. The maximum absolute atomic E-state index is 10.7. The van der Waals surface area contributed by atoms with Crippen LogP contribution in [0.2, 0.25) is 0 Å². The van der Waals surface area contributed by atoms with E-state index in [-0.39, 0.29) is 5.69 Å². The standard InChI is InChI=1S/C11H15NO2S/c1-8(2)4-6-15-9-3-5-12-10(7-9)11(13)14/h3,5,7-8H,4,6H2,1-2H3,(H,13,14). The van der Waals surface area contributed by atoms with Gasteiger partial charge in [-0.05, 0) is 30.2 Å². The molecule has 0 aromatic carbocycles. The molecular formula is C11H15NO2S. The predicted molar refractivity (Wildman–Crippen MR) is 61.4 cm³/mol. The van der Waals surface area contributed by atoms with Gasteiger partial charge in [-0.3, -0.25) is 0 Å². The second-order valence-corrected chi connectivity index (χ2v) is 4.88. The van der Waals surface area contributed by atoms with E-state index in [0.29, 0.717) is 5.92 Å². The van der Waals surface area contributed by atoms with Gasteiger partial charge in [0.1, 0.15) is 5.69 Å². The van der Waals surface area contributed by atoms with Crippen molar-refractivity contribution < 1.29 is 9.90 Å². The van der Waals surface area contributed by atoms with Crippen molar-refractivity contribution >= 4 is 17.7 Å². The van der Waals surface area contributed by atoms with Gasteiger partial charge in [0, 0.05) is 11.1 Å². The summed E-state index contributed by atoms with van der Waals surface area (Å²) >= 11 is 1.68. The molecule has 1 rings (SSSR count). The molecule has 0 unspecified atom stereocenters. The lowest BCUT2D eigenvalue weighted by molar-refractivity contribution is 0.0690. The lowest BCUT2D eigenvalue weighted by Crippen LogP contribution is -1.99. The van der Waals surface area contributed by atoms with E-state index in [1.54, 1.807) is 24.0 Å². The zero-order valence-electron chi connectivity index (χ0n) is 8.93. The fraction of sp³-hybridized carbons (Fsp3) is 0.455. The van der Waals surface area contributed by atoms with Gasteiger partial charge in [0.15, 0.2) is 0 Å². The van der Waals surface area contributed by atoms with Gasteiger partial charge in [-0.1, -0.05) is 13.8 Å². The smallest absolute Gasteiger partial charge is 0.354 e. The summed E-state index contributed by atoms with van der Waals surface area (Å²) in [6, 6.07) is 3.46. The molecule has 0 radical (unpaired) electrons. The first-order valence-electron chi connectivity index (χ1n) is 4.91. The highest BCUT2D eigenvalue weighted by molar-refractivity contribution is 7.99. The molecule has 0 saturated carbocycles. The Morgan fingerprint density at radius 3 is 2.93 bits per heavy atom. The van der Waals surface area contributed by atoms with E-state index >= 15 is 0 Å². The van der Waals surface area contributed by atoms with Crippen LogP contribution in [0.4, 0.5) is 0 Å². The molecule has 0 aliphatic heterocycles. The van der Waals surface area contributed by atoms with Crippen molar-refractivity contribution in [1.82, 2.24) is 4.98 Å². The van der Waals surface area contributed by atoms with Crippen LogP contribution >= 0.6 is 11.8 Å². The number of aromatic nitrogens is 1. The van der Waals surface area contributed by atoms with E-state index in [1.165, 1.54) is 0 Å². The number of pyridine rings is 1. The van der Waals surface area contributed by atoms with Crippen molar-refractivity contribution in [2.75, 3.05) is 5.75 Å². The summed E-state index contributed by atoms with van der Waals surface area (Å²) in [6.07, 6.45) is 2.68. The number of aromatic carboxylic acids is 1. The van der Waals surface area contributed by atoms with E-state index in [1.807, 2.05) is 6.07 Å². The summed E-state index contributed by atoms with van der Waals surface area (Å²) in [6.45, 7) is 4.35. The molecule has 4 heteroatoms. The molecule has 0 atom stereocenters. The van der Waals surface area contributed by atoms with Gasteiger partial charge in [0.2, 0.25) is 0 Å². The number of carbonyl (C=O) groups is 1. The number of rotatable bonds is 5. The molecule has 1 N–H and O–H groups in total. The third-order valence-corrected chi connectivity index (χ3v) is 2.94. The van der Waals surface area contributed by atoms with Crippen LogP contribution in [0.5, 0.6) is 0 Å². The molecule has 0 aliphatic carbocycles. The molecule has 0 fully saturated rings. The topological polar surface area (TPSA) is 50.2 Å². The number of thioether (sulfide) groups is 1. The molecule has 0 aliphatic rings. The molecule has 3 nitrogen and oxygen atoms in total. The second kappa shape index (κ2) is 5.75. The maximum atomic E-state index is 10.7. The minimum atomic E-state index is -0.971. The Balaban J connectivity index is 2.54. The normalized spacial score (nSPS) is 10.6. The molecule has 15 heavy (non-hydrogen) atoms. The van der Waals surface area contributed by atoms with Crippen molar-refractivity contribution in [2.24, 2.45) is 5.92 Å². The lowest BCUT2D eigenvalue weighted by Gasteiger charge is -2.04. The van der Waals surface area contributed by atoms with Gasteiger partial charge >= 0.3 is 5.97 Å². The third kappa shape index (κ3) is 4.34. The molecule has 0 spiro atoms. The molecule has 1 heterocycles. The summed E-state index contributed by atoms with van der Waals surface area (Å²) < 4.78 is 0. The molecule has 1 aromatic rings. The summed E-state index contributed by atoms with van der Waals surface area (Å²) in [7, 11) is 0. The van der Waals surface area contributed by atoms with Crippen LogP contribution in [-0.4, -0.2) is 21.8 Å². The monoisotopic (exact) mass is 225 g/mol.